The zero-order chi connectivity index (χ0) is 20.9. The van der Waals surface area contributed by atoms with Gasteiger partial charge in [-0.1, -0.05) is 6.07 Å². The number of ether oxygens (including phenoxy) is 1. The molecule has 0 atom stereocenters. The number of fused-ring (bicyclic) bond motifs is 1. The number of carbonyl (C=O) groups excluding carboxylic acids is 2. The first-order chi connectivity index (χ1) is 14.6. The van der Waals surface area contributed by atoms with Gasteiger partial charge in [0.1, 0.15) is 12.1 Å². The van der Waals surface area contributed by atoms with Crippen LogP contribution >= 0.6 is 11.3 Å². The van der Waals surface area contributed by atoms with Gasteiger partial charge in [0.2, 0.25) is 0 Å². The number of thiophene rings is 1. The molecule has 0 saturated carbocycles. The summed E-state index contributed by atoms with van der Waals surface area (Å²) in [7, 11) is 0. The number of hydrogen-bond acceptors (Lipinski definition) is 7. The van der Waals surface area contributed by atoms with Gasteiger partial charge in [-0.15, -0.1) is 11.3 Å². The molecule has 0 aliphatic rings. The van der Waals surface area contributed by atoms with Crippen LogP contribution in [0.4, 0.5) is 17.2 Å². The van der Waals surface area contributed by atoms with E-state index in [0.717, 1.165) is 16.6 Å². The van der Waals surface area contributed by atoms with E-state index in [9.17, 15) is 9.59 Å². The lowest BCUT2D eigenvalue weighted by Gasteiger charge is -2.11. The zero-order valence-electron chi connectivity index (χ0n) is 16.1. The normalized spacial score (nSPS) is 10.6. The monoisotopic (exact) mass is 418 g/mol. The van der Waals surface area contributed by atoms with E-state index in [1.807, 2.05) is 23.6 Å². The molecule has 1 amide bonds. The molecule has 150 valence electrons. The molecule has 0 spiro atoms. The third kappa shape index (κ3) is 4.28. The molecule has 4 aromatic rings. The highest BCUT2D eigenvalue weighted by Crippen LogP contribution is 2.26. The molecule has 2 N–H and O–H groups in total. The van der Waals surface area contributed by atoms with E-state index in [2.05, 4.69) is 20.6 Å². The molecule has 0 aliphatic heterocycles. The van der Waals surface area contributed by atoms with Crippen LogP contribution in [-0.4, -0.2) is 28.5 Å². The zero-order valence-corrected chi connectivity index (χ0v) is 16.9. The molecule has 2 heterocycles. The Kier molecular flexibility index (Phi) is 5.67. The highest BCUT2D eigenvalue weighted by Gasteiger charge is 2.11. The van der Waals surface area contributed by atoms with Crippen LogP contribution in [0.15, 0.2) is 66.3 Å². The Morgan fingerprint density at radius 1 is 1.03 bits per heavy atom. The van der Waals surface area contributed by atoms with Crippen molar-refractivity contribution in [1.82, 2.24) is 9.97 Å². The van der Waals surface area contributed by atoms with E-state index in [1.54, 1.807) is 43.3 Å². The predicted molar refractivity (Wildman–Crippen MR) is 117 cm³/mol. The number of nitrogens with zero attached hydrogens (tertiary/aromatic N) is 2. The molecule has 4 rings (SSSR count). The largest absolute Gasteiger partial charge is 0.462 e. The topological polar surface area (TPSA) is 93.2 Å². The third-order valence-electron chi connectivity index (χ3n) is 4.30. The number of benzene rings is 2. The van der Waals surface area contributed by atoms with E-state index < -0.39 is 0 Å². The van der Waals surface area contributed by atoms with Gasteiger partial charge < -0.3 is 15.4 Å². The van der Waals surface area contributed by atoms with Crippen LogP contribution in [0.1, 0.15) is 27.0 Å². The summed E-state index contributed by atoms with van der Waals surface area (Å²) in [6.07, 6.45) is 1.47. The average molecular weight is 418 g/mol. The number of esters is 1. The second-order valence-electron chi connectivity index (χ2n) is 6.31. The summed E-state index contributed by atoms with van der Waals surface area (Å²) in [6.45, 7) is 2.10. The Labute approximate surface area is 176 Å². The fourth-order valence-electron chi connectivity index (χ4n) is 2.88. The molecule has 0 unspecified atom stereocenters. The first-order valence-electron chi connectivity index (χ1n) is 9.28. The second kappa shape index (κ2) is 8.71. The first-order valence-corrected chi connectivity index (χ1v) is 10.2. The number of hydrogen-bond donors (Lipinski definition) is 2. The van der Waals surface area contributed by atoms with Crippen molar-refractivity contribution in [3.05, 3.63) is 76.7 Å². The van der Waals surface area contributed by atoms with Gasteiger partial charge in [0.05, 0.1) is 22.6 Å². The van der Waals surface area contributed by atoms with Gasteiger partial charge in [0.15, 0.2) is 0 Å². The van der Waals surface area contributed by atoms with Gasteiger partial charge in [-0.25, -0.2) is 14.8 Å². The minimum Gasteiger partial charge on any atom is -0.462 e. The van der Waals surface area contributed by atoms with E-state index >= 15 is 0 Å². The number of amides is 1. The number of carbonyl (C=O) groups is 2. The molecular weight excluding hydrogens is 400 g/mol. The Morgan fingerprint density at radius 3 is 2.57 bits per heavy atom. The van der Waals surface area contributed by atoms with Gasteiger partial charge in [-0.05, 0) is 60.8 Å². The lowest BCUT2D eigenvalue weighted by Crippen LogP contribution is -2.10. The molecule has 2 aromatic carbocycles. The Balaban J connectivity index is 1.58. The van der Waals surface area contributed by atoms with Crippen LogP contribution in [0.2, 0.25) is 0 Å². The standard InChI is InChI=1S/C22H18N4O3S/c1-2-29-22(28)14-5-7-15(8-6-14)25-20-17-12-16(9-10-18(17)23-13-24-20)26-21(27)19-4-3-11-30-19/h3-13H,2H2,1H3,(H,26,27)(H,23,24,25). The minimum absolute atomic E-state index is 0.162. The van der Waals surface area contributed by atoms with Crippen molar-refractivity contribution < 1.29 is 14.3 Å². The van der Waals surface area contributed by atoms with Crippen molar-refractivity contribution in [3.63, 3.8) is 0 Å². The SMILES string of the molecule is CCOC(=O)c1ccc(Nc2ncnc3ccc(NC(=O)c4cccs4)cc23)cc1. The van der Waals surface area contributed by atoms with Crippen LogP contribution in [0, 0.1) is 0 Å². The van der Waals surface area contributed by atoms with Gasteiger partial charge in [-0.3, -0.25) is 4.79 Å². The van der Waals surface area contributed by atoms with Crippen molar-refractivity contribution in [2.45, 2.75) is 6.92 Å². The van der Waals surface area contributed by atoms with Gasteiger partial charge in [0.25, 0.3) is 5.91 Å². The molecular formula is C22H18N4O3S. The number of anilines is 3. The van der Waals surface area contributed by atoms with Crippen molar-refractivity contribution in [2.75, 3.05) is 17.2 Å². The van der Waals surface area contributed by atoms with Crippen molar-refractivity contribution >= 4 is 51.3 Å². The maximum Gasteiger partial charge on any atom is 0.338 e. The number of aromatic nitrogens is 2. The first kappa shape index (κ1) is 19.5. The van der Waals surface area contributed by atoms with Crippen molar-refractivity contribution in [2.24, 2.45) is 0 Å². The molecule has 0 bridgehead atoms. The van der Waals surface area contributed by atoms with E-state index in [-0.39, 0.29) is 11.9 Å². The summed E-state index contributed by atoms with van der Waals surface area (Å²) < 4.78 is 5.00. The van der Waals surface area contributed by atoms with Crippen molar-refractivity contribution in [3.8, 4) is 0 Å². The quantitative estimate of drug-likeness (QED) is 0.434. The predicted octanol–water partition coefficient (Wildman–Crippen LogP) is 4.86. The van der Waals surface area contributed by atoms with Crippen LogP contribution in [0.3, 0.4) is 0 Å². The van der Waals surface area contributed by atoms with Crippen molar-refractivity contribution in [1.29, 1.82) is 0 Å². The maximum absolute atomic E-state index is 12.3. The summed E-state index contributed by atoms with van der Waals surface area (Å²) >= 11 is 1.38. The summed E-state index contributed by atoms with van der Waals surface area (Å²) in [6, 6.07) is 16.0. The third-order valence-corrected chi connectivity index (χ3v) is 5.17. The molecule has 0 saturated heterocycles. The van der Waals surface area contributed by atoms with E-state index in [4.69, 9.17) is 4.74 Å². The molecule has 0 aliphatic carbocycles. The smallest absolute Gasteiger partial charge is 0.338 e. The molecule has 8 heteroatoms. The molecule has 0 fully saturated rings. The van der Waals surface area contributed by atoms with Crippen LogP contribution < -0.4 is 10.6 Å². The summed E-state index contributed by atoms with van der Waals surface area (Å²) in [5, 5.41) is 8.76. The molecule has 0 radical (unpaired) electrons. The highest BCUT2D eigenvalue weighted by molar-refractivity contribution is 7.12. The summed E-state index contributed by atoms with van der Waals surface area (Å²) in [5.74, 6) is 0.0732. The van der Waals surface area contributed by atoms with Crippen LogP contribution in [0.5, 0.6) is 0 Å². The van der Waals surface area contributed by atoms with E-state index in [0.29, 0.717) is 28.6 Å². The Hall–Kier alpha value is -3.78. The fourth-order valence-corrected chi connectivity index (χ4v) is 3.49. The highest BCUT2D eigenvalue weighted by atomic mass is 32.1. The lowest BCUT2D eigenvalue weighted by molar-refractivity contribution is 0.0526. The molecule has 2 aromatic heterocycles. The average Bonchev–Trinajstić information content (AvgIpc) is 3.30. The molecule has 30 heavy (non-hydrogen) atoms. The van der Waals surface area contributed by atoms with Crippen LogP contribution in [-0.2, 0) is 4.74 Å². The maximum atomic E-state index is 12.3. The Bertz CT molecular complexity index is 1190. The minimum atomic E-state index is -0.359. The van der Waals surface area contributed by atoms with Gasteiger partial charge in [0, 0.05) is 16.8 Å². The summed E-state index contributed by atoms with van der Waals surface area (Å²) in [4.78, 5) is 33.4. The van der Waals surface area contributed by atoms with E-state index in [1.165, 1.54) is 17.7 Å². The lowest BCUT2D eigenvalue weighted by atomic mass is 10.2. The fraction of sp³-hybridized carbons (Fsp3) is 0.0909. The van der Waals surface area contributed by atoms with Crippen LogP contribution in [0.25, 0.3) is 10.9 Å². The second-order valence-corrected chi connectivity index (χ2v) is 7.26. The molecule has 7 nitrogen and oxygen atoms in total. The van der Waals surface area contributed by atoms with Gasteiger partial charge >= 0.3 is 5.97 Å². The number of nitrogens with one attached hydrogen (secondary N) is 2. The number of rotatable bonds is 6. The van der Waals surface area contributed by atoms with Gasteiger partial charge in [-0.2, -0.15) is 0 Å². The summed E-state index contributed by atoms with van der Waals surface area (Å²) in [5.41, 5.74) is 2.63. The Morgan fingerprint density at radius 2 is 1.83 bits per heavy atom.